The molecule has 1 aliphatic heterocycles. The Hall–Kier alpha value is -3.53. The molecule has 1 fully saturated rings. The lowest BCUT2D eigenvalue weighted by Crippen LogP contribution is -2.54. The van der Waals surface area contributed by atoms with Gasteiger partial charge in [0, 0.05) is 36.1 Å². The van der Waals surface area contributed by atoms with E-state index in [-0.39, 0.29) is 24.6 Å². The van der Waals surface area contributed by atoms with Crippen LogP contribution >= 0.6 is 11.3 Å². The summed E-state index contributed by atoms with van der Waals surface area (Å²) in [6.45, 7) is 5.47. The van der Waals surface area contributed by atoms with Crippen molar-refractivity contribution in [3.8, 4) is 17.1 Å². The summed E-state index contributed by atoms with van der Waals surface area (Å²) in [7, 11) is 0. The standard InChI is InChI=1S/C29H32N4O4S/c1-3-24-15-25-26(30-29(31-27(25)38-24)37-18-23(35)17-34)33-14-13-32(16-19(33)2)28(36)22-11-9-21(10-12-22)20-7-5-4-6-8-20/h4-12,15,19,23,34-35H,3,13-14,16-18H2,1-2H3/t19-,23-/m1/s1. The summed E-state index contributed by atoms with van der Waals surface area (Å²) in [6, 6.07) is 20.2. The third-order valence-corrected chi connectivity index (χ3v) is 7.97. The smallest absolute Gasteiger partial charge is 0.319 e. The summed E-state index contributed by atoms with van der Waals surface area (Å²) < 4.78 is 5.62. The summed E-state index contributed by atoms with van der Waals surface area (Å²) in [5.74, 6) is 0.793. The molecule has 1 amide bonds. The van der Waals surface area contributed by atoms with E-state index in [0.29, 0.717) is 25.2 Å². The molecule has 8 nitrogen and oxygen atoms in total. The Balaban J connectivity index is 1.33. The molecule has 2 N–H and O–H groups in total. The first kappa shape index (κ1) is 26.1. The predicted octanol–water partition coefficient (Wildman–Crippen LogP) is 4.00. The van der Waals surface area contributed by atoms with Gasteiger partial charge in [-0.25, -0.2) is 0 Å². The fourth-order valence-corrected chi connectivity index (χ4v) is 5.65. The van der Waals surface area contributed by atoms with E-state index in [1.165, 1.54) is 4.88 Å². The van der Waals surface area contributed by atoms with Gasteiger partial charge in [-0.1, -0.05) is 49.4 Å². The third kappa shape index (κ3) is 5.50. The van der Waals surface area contributed by atoms with E-state index in [4.69, 9.17) is 14.8 Å². The predicted molar refractivity (Wildman–Crippen MR) is 150 cm³/mol. The second kappa shape index (κ2) is 11.5. The lowest BCUT2D eigenvalue weighted by Gasteiger charge is -2.40. The normalized spacial score (nSPS) is 16.6. The van der Waals surface area contributed by atoms with Crippen molar-refractivity contribution in [3.63, 3.8) is 0 Å². The molecule has 4 aromatic rings. The Kier molecular flexibility index (Phi) is 7.87. The number of rotatable bonds is 8. The molecule has 0 aliphatic carbocycles. The van der Waals surface area contributed by atoms with E-state index in [1.807, 2.05) is 47.4 Å². The van der Waals surface area contributed by atoms with Crippen molar-refractivity contribution in [1.29, 1.82) is 0 Å². The minimum Gasteiger partial charge on any atom is -0.461 e. The molecule has 0 radical (unpaired) electrons. The first-order valence-corrected chi connectivity index (χ1v) is 13.7. The van der Waals surface area contributed by atoms with Gasteiger partial charge in [-0.2, -0.15) is 9.97 Å². The van der Waals surface area contributed by atoms with Gasteiger partial charge in [0.25, 0.3) is 5.91 Å². The molecule has 0 saturated carbocycles. The molecular formula is C29H32N4O4S. The second-order valence-electron chi connectivity index (χ2n) is 9.50. The maximum Gasteiger partial charge on any atom is 0.319 e. The van der Waals surface area contributed by atoms with Gasteiger partial charge < -0.3 is 24.7 Å². The number of amides is 1. The number of piperazine rings is 1. The van der Waals surface area contributed by atoms with Crippen LogP contribution in [0.3, 0.4) is 0 Å². The van der Waals surface area contributed by atoms with Gasteiger partial charge in [-0.05, 0) is 42.7 Å². The van der Waals surface area contributed by atoms with Crippen LogP contribution in [-0.4, -0.2) is 76.0 Å². The van der Waals surface area contributed by atoms with Crippen LogP contribution in [0.2, 0.25) is 0 Å². The summed E-state index contributed by atoms with van der Waals surface area (Å²) in [6.07, 6.45) is -0.108. The zero-order chi connectivity index (χ0) is 26.6. The topological polar surface area (TPSA) is 99.0 Å². The molecule has 2 atom stereocenters. The van der Waals surface area contributed by atoms with Crippen LogP contribution in [0.4, 0.5) is 5.82 Å². The molecular weight excluding hydrogens is 500 g/mol. The molecule has 5 rings (SSSR count). The Labute approximate surface area is 226 Å². The molecule has 3 heterocycles. The monoisotopic (exact) mass is 532 g/mol. The highest BCUT2D eigenvalue weighted by Crippen LogP contribution is 2.34. The lowest BCUT2D eigenvalue weighted by molar-refractivity contribution is 0.0506. The quantitative estimate of drug-likeness (QED) is 0.354. The minimum atomic E-state index is -0.998. The summed E-state index contributed by atoms with van der Waals surface area (Å²) in [5.41, 5.74) is 2.89. The summed E-state index contributed by atoms with van der Waals surface area (Å²) in [5, 5.41) is 19.8. The highest BCUT2D eigenvalue weighted by Gasteiger charge is 2.30. The Bertz CT molecular complexity index is 1390. The Morgan fingerprint density at radius 2 is 1.84 bits per heavy atom. The minimum absolute atomic E-state index is 0.0229. The van der Waals surface area contributed by atoms with Crippen molar-refractivity contribution < 1.29 is 19.7 Å². The number of carbonyl (C=O) groups excluding carboxylic acids is 1. The fraction of sp³-hybridized carbons (Fsp3) is 0.345. The number of benzene rings is 2. The molecule has 38 heavy (non-hydrogen) atoms. The van der Waals surface area contributed by atoms with Crippen molar-refractivity contribution in [2.24, 2.45) is 0 Å². The van der Waals surface area contributed by atoms with Crippen molar-refractivity contribution in [2.45, 2.75) is 32.4 Å². The summed E-state index contributed by atoms with van der Waals surface area (Å²) >= 11 is 1.60. The number of thiophene rings is 1. The van der Waals surface area contributed by atoms with Crippen LogP contribution in [-0.2, 0) is 6.42 Å². The molecule has 0 bridgehead atoms. The highest BCUT2D eigenvalue weighted by atomic mass is 32.1. The van der Waals surface area contributed by atoms with E-state index < -0.39 is 12.7 Å². The molecule has 9 heteroatoms. The van der Waals surface area contributed by atoms with Gasteiger partial charge in [-0.15, -0.1) is 11.3 Å². The van der Waals surface area contributed by atoms with Gasteiger partial charge in [0.05, 0.1) is 12.0 Å². The Morgan fingerprint density at radius 1 is 1.11 bits per heavy atom. The lowest BCUT2D eigenvalue weighted by atomic mass is 10.0. The zero-order valence-corrected chi connectivity index (χ0v) is 22.4. The average Bonchev–Trinajstić information content (AvgIpc) is 3.39. The van der Waals surface area contributed by atoms with Crippen LogP contribution in [0.5, 0.6) is 6.01 Å². The maximum absolute atomic E-state index is 13.3. The number of ether oxygens (including phenoxy) is 1. The van der Waals surface area contributed by atoms with Crippen molar-refractivity contribution in [3.05, 3.63) is 71.1 Å². The molecule has 1 aliphatic rings. The molecule has 1 saturated heterocycles. The average molecular weight is 533 g/mol. The van der Waals surface area contributed by atoms with Crippen LogP contribution < -0.4 is 9.64 Å². The van der Waals surface area contributed by atoms with E-state index in [2.05, 4.69) is 41.9 Å². The number of aliphatic hydroxyl groups excluding tert-OH is 2. The molecule has 0 spiro atoms. The highest BCUT2D eigenvalue weighted by molar-refractivity contribution is 7.18. The van der Waals surface area contributed by atoms with Gasteiger partial charge in [0.1, 0.15) is 23.4 Å². The number of hydrogen-bond acceptors (Lipinski definition) is 8. The molecule has 0 unspecified atom stereocenters. The second-order valence-corrected chi connectivity index (χ2v) is 10.6. The van der Waals surface area contributed by atoms with E-state index in [0.717, 1.165) is 33.6 Å². The van der Waals surface area contributed by atoms with Gasteiger partial charge in [0.15, 0.2) is 0 Å². The van der Waals surface area contributed by atoms with E-state index in [9.17, 15) is 9.90 Å². The zero-order valence-electron chi connectivity index (χ0n) is 21.6. The number of anilines is 1. The number of aryl methyl sites for hydroxylation is 1. The van der Waals surface area contributed by atoms with Crippen molar-refractivity contribution in [1.82, 2.24) is 14.9 Å². The van der Waals surface area contributed by atoms with Crippen molar-refractivity contribution >= 4 is 33.3 Å². The van der Waals surface area contributed by atoms with Crippen LogP contribution in [0.15, 0.2) is 60.7 Å². The Morgan fingerprint density at radius 3 is 2.53 bits per heavy atom. The number of nitrogens with zero attached hydrogens (tertiary/aromatic N) is 4. The molecule has 2 aromatic heterocycles. The van der Waals surface area contributed by atoms with Gasteiger partial charge >= 0.3 is 6.01 Å². The first-order chi connectivity index (χ1) is 18.5. The van der Waals surface area contributed by atoms with Crippen molar-refractivity contribution in [2.75, 3.05) is 37.7 Å². The van der Waals surface area contributed by atoms with Crippen LogP contribution in [0.25, 0.3) is 21.3 Å². The van der Waals surface area contributed by atoms with Gasteiger partial charge in [0.2, 0.25) is 0 Å². The SMILES string of the molecule is CCc1cc2c(N3CCN(C(=O)c4ccc(-c5ccccc5)cc4)C[C@H]3C)nc(OC[C@H](O)CO)nc2s1. The van der Waals surface area contributed by atoms with Crippen LogP contribution in [0, 0.1) is 0 Å². The third-order valence-electron chi connectivity index (χ3n) is 6.79. The number of fused-ring (bicyclic) bond motifs is 1. The summed E-state index contributed by atoms with van der Waals surface area (Å²) in [4.78, 5) is 28.7. The number of carbonyl (C=O) groups is 1. The van der Waals surface area contributed by atoms with Gasteiger partial charge in [-0.3, -0.25) is 4.79 Å². The first-order valence-electron chi connectivity index (χ1n) is 12.9. The number of aliphatic hydroxyl groups is 2. The maximum atomic E-state index is 13.3. The van der Waals surface area contributed by atoms with E-state index >= 15 is 0 Å². The number of aromatic nitrogens is 2. The number of hydrogen-bond donors (Lipinski definition) is 2. The largest absolute Gasteiger partial charge is 0.461 e. The fourth-order valence-electron chi connectivity index (χ4n) is 4.69. The molecule has 2 aromatic carbocycles. The van der Waals surface area contributed by atoms with Crippen LogP contribution in [0.1, 0.15) is 29.1 Å². The molecule has 198 valence electrons. The van der Waals surface area contributed by atoms with E-state index in [1.54, 1.807) is 11.3 Å².